The van der Waals surface area contributed by atoms with Gasteiger partial charge in [0, 0.05) is 29.2 Å². The summed E-state index contributed by atoms with van der Waals surface area (Å²) in [5.74, 6) is -0.273. The number of rotatable bonds is 5. The monoisotopic (exact) mass is 294 g/mol. The molecule has 5 heteroatoms. The van der Waals surface area contributed by atoms with Crippen LogP contribution in [0.25, 0.3) is 10.9 Å². The van der Waals surface area contributed by atoms with Crippen LogP contribution in [0.4, 0.5) is 0 Å². The van der Waals surface area contributed by atoms with Gasteiger partial charge in [0.1, 0.15) is 6.54 Å². The third kappa shape index (κ3) is 3.32. The van der Waals surface area contributed by atoms with E-state index >= 15 is 0 Å². The van der Waals surface area contributed by atoms with Crippen molar-refractivity contribution in [3.63, 3.8) is 0 Å². The van der Waals surface area contributed by atoms with Gasteiger partial charge < -0.3 is 14.6 Å². The maximum absolute atomic E-state index is 11.5. The molecular weight excluding hydrogens is 276 g/mol. The molecular formula is C15H19ClN2O2. The van der Waals surface area contributed by atoms with E-state index in [-0.39, 0.29) is 12.5 Å². The Hall–Kier alpha value is -1.52. The van der Waals surface area contributed by atoms with E-state index in [1.807, 2.05) is 29.0 Å². The zero-order chi connectivity index (χ0) is 14.7. The van der Waals surface area contributed by atoms with Crippen molar-refractivity contribution >= 4 is 28.5 Å². The standard InChI is InChI=1S/C15H19ClN2O2/c1-10(2)17-7-11-8-18(9-15(19)20-3)14-6-12(16)4-5-13(11)14/h4-6,8,10,17H,7,9H2,1-3H3. The molecule has 0 radical (unpaired) electrons. The van der Waals surface area contributed by atoms with E-state index in [2.05, 4.69) is 19.2 Å². The van der Waals surface area contributed by atoms with Crippen molar-refractivity contribution < 1.29 is 9.53 Å². The SMILES string of the molecule is COC(=O)Cn1cc(CNC(C)C)c2ccc(Cl)cc21. The van der Waals surface area contributed by atoms with Crippen LogP contribution in [0.3, 0.4) is 0 Å². The predicted molar refractivity (Wildman–Crippen MR) is 80.9 cm³/mol. The molecule has 0 spiro atoms. The number of methoxy groups -OCH3 is 1. The second-order valence-electron chi connectivity index (χ2n) is 5.06. The van der Waals surface area contributed by atoms with Gasteiger partial charge in [0.05, 0.1) is 12.6 Å². The van der Waals surface area contributed by atoms with Gasteiger partial charge in [-0.25, -0.2) is 0 Å². The van der Waals surface area contributed by atoms with Crippen LogP contribution in [0.5, 0.6) is 0 Å². The van der Waals surface area contributed by atoms with Crippen LogP contribution >= 0.6 is 11.6 Å². The number of ether oxygens (including phenoxy) is 1. The van der Waals surface area contributed by atoms with Crippen molar-refractivity contribution in [2.45, 2.75) is 33.0 Å². The highest BCUT2D eigenvalue weighted by Crippen LogP contribution is 2.25. The maximum atomic E-state index is 11.5. The molecule has 4 nitrogen and oxygen atoms in total. The van der Waals surface area contributed by atoms with Gasteiger partial charge in [0.2, 0.25) is 0 Å². The summed E-state index contributed by atoms with van der Waals surface area (Å²) in [5, 5.41) is 5.15. The molecule has 1 aromatic heterocycles. The normalized spacial score (nSPS) is 11.2. The number of nitrogens with one attached hydrogen (secondary N) is 1. The lowest BCUT2D eigenvalue weighted by Crippen LogP contribution is -2.21. The van der Waals surface area contributed by atoms with Crippen LogP contribution in [-0.2, 0) is 22.6 Å². The Bertz CT molecular complexity index is 620. The van der Waals surface area contributed by atoms with Gasteiger partial charge in [-0.1, -0.05) is 31.5 Å². The zero-order valence-electron chi connectivity index (χ0n) is 11.9. The Morgan fingerprint density at radius 1 is 1.45 bits per heavy atom. The Labute approximate surface area is 123 Å². The first-order valence-electron chi connectivity index (χ1n) is 6.58. The minimum Gasteiger partial charge on any atom is -0.468 e. The minimum absolute atomic E-state index is 0.190. The first-order valence-corrected chi connectivity index (χ1v) is 6.96. The van der Waals surface area contributed by atoms with Crippen LogP contribution < -0.4 is 5.32 Å². The van der Waals surface area contributed by atoms with Crippen molar-refractivity contribution in [1.82, 2.24) is 9.88 Å². The lowest BCUT2D eigenvalue weighted by Gasteiger charge is -2.06. The van der Waals surface area contributed by atoms with E-state index in [4.69, 9.17) is 16.3 Å². The number of benzene rings is 1. The summed E-state index contributed by atoms with van der Waals surface area (Å²) in [6.45, 7) is 5.15. The Morgan fingerprint density at radius 2 is 2.20 bits per heavy atom. The highest BCUT2D eigenvalue weighted by molar-refractivity contribution is 6.31. The van der Waals surface area contributed by atoms with Crippen molar-refractivity contribution in [2.75, 3.05) is 7.11 Å². The number of hydrogen-bond acceptors (Lipinski definition) is 3. The molecule has 108 valence electrons. The van der Waals surface area contributed by atoms with Crippen LogP contribution in [0.15, 0.2) is 24.4 Å². The van der Waals surface area contributed by atoms with Gasteiger partial charge >= 0.3 is 5.97 Å². The van der Waals surface area contributed by atoms with Crippen LogP contribution in [-0.4, -0.2) is 23.7 Å². The molecule has 0 atom stereocenters. The molecule has 1 aromatic carbocycles. The molecule has 0 fully saturated rings. The first kappa shape index (κ1) is 14.9. The molecule has 1 heterocycles. The topological polar surface area (TPSA) is 43.3 Å². The fourth-order valence-electron chi connectivity index (χ4n) is 2.13. The molecule has 0 amide bonds. The summed E-state index contributed by atoms with van der Waals surface area (Å²) in [7, 11) is 1.39. The Morgan fingerprint density at radius 3 is 2.85 bits per heavy atom. The quantitative estimate of drug-likeness (QED) is 0.862. The van der Waals surface area contributed by atoms with Gasteiger partial charge in [-0.3, -0.25) is 4.79 Å². The number of carbonyl (C=O) groups is 1. The van der Waals surface area contributed by atoms with E-state index in [9.17, 15) is 4.79 Å². The fraction of sp³-hybridized carbons (Fsp3) is 0.400. The number of halogens is 1. The smallest absolute Gasteiger partial charge is 0.325 e. The van der Waals surface area contributed by atoms with Gasteiger partial charge in [0.15, 0.2) is 0 Å². The van der Waals surface area contributed by atoms with Crippen molar-refractivity contribution in [3.05, 3.63) is 35.0 Å². The summed E-state index contributed by atoms with van der Waals surface area (Å²) < 4.78 is 6.61. The van der Waals surface area contributed by atoms with E-state index in [0.29, 0.717) is 11.1 Å². The molecule has 0 saturated carbocycles. The first-order chi connectivity index (χ1) is 9.51. The number of carbonyl (C=O) groups excluding carboxylic acids is 1. The van der Waals surface area contributed by atoms with Crippen molar-refractivity contribution in [1.29, 1.82) is 0 Å². The van der Waals surface area contributed by atoms with Gasteiger partial charge in [-0.2, -0.15) is 0 Å². The molecule has 2 rings (SSSR count). The van der Waals surface area contributed by atoms with E-state index in [1.165, 1.54) is 7.11 Å². The van der Waals surface area contributed by atoms with Crippen LogP contribution in [0, 0.1) is 0 Å². The number of fused-ring (bicyclic) bond motifs is 1. The molecule has 0 aliphatic heterocycles. The largest absolute Gasteiger partial charge is 0.468 e. The second kappa shape index (κ2) is 6.29. The molecule has 0 unspecified atom stereocenters. The lowest BCUT2D eigenvalue weighted by molar-refractivity contribution is -0.141. The van der Waals surface area contributed by atoms with Gasteiger partial charge in [-0.15, -0.1) is 0 Å². The molecule has 0 bridgehead atoms. The number of esters is 1. The van der Waals surface area contributed by atoms with E-state index < -0.39 is 0 Å². The fourth-order valence-corrected chi connectivity index (χ4v) is 2.30. The third-order valence-electron chi connectivity index (χ3n) is 3.15. The molecule has 0 aliphatic rings. The average Bonchev–Trinajstić information content (AvgIpc) is 2.73. The number of nitrogens with zero attached hydrogens (tertiary/aromatic N) is 1. The van der Waals surface area contributed by atoms with Gasteiger partial charge in [0.25, 0.3) is 0 Å². The number of hydrogen-bond donors (Lipinski definition) is 1. The highest BCUT2D eigenvalue weighted by atomic mass is 35.5. The van der Waals surface area contributed by atoms with E-state index in [0.717, 1.165) is 23.0 Å². The average molecular weight is 295 g/mol. The Balaban J connectivity index is 2.40. The van der Waals surface area contributed by atoms with Crippen molar-refractivity contribution in [3.8, 4) is 0 Å². The molecule has 0 aliphatic carbocycles. The van der Waals surface area contributed by atoms with Gasteiger partial charge in [-0.05, 0) is 17.7 Å². The molecule has 0 saturated heterocycles. The third-order valence-corrected chi connectivity index (χ3v) is 3.39. The Kier molecular flexibility index (Phi) is 4.68. The zero-order valence-corrected chi connectivity index (χ0v) is 12.7. The molecule has 1 N–H and O–H groups in total. The predicted octanol–water partition coefficient (Wildman–Crippen LogP) is 2.97. The van der Waals surface area contributed by atoms with E-state index in [1.54, 1.807) is 0 Å². The summed E-state index contributed by atoms with van der Waals surface area (Å²) in [6, 6.07) is 6.13. The summed E-state index contributed by atoms with van der Waals surface area (Å²) in [5.41, 5.74) is 2.10. The maximum Gasteiger partial charge on any atom is 0.325 e. The highest BCUT2D eigenvalue weighted by Gasteiger charge is 2.12. The number of aromatic nitrogens is 1. The summed E-state index contributed by atoms with van der Waals surface area (Å²) >= 11 is 6.05. The van der Waals surface area contributed by atoms with Crippen LogP contribution in [0.2, 0.25) is 5.02 Å². The lowest BCUT2D eigenvalue weighted by atomic mass is 10.1. The minimum atomic E-state index is -0.273. The summed E-state index contributed by atoms with van der Waals surface area (Å²) in [4.78, 5) is 11.5. The molecule has 20 heavy (non-hydrogen) atoms. The summed E-state index contributed by atoms with van der Waals surface area (Å²) in [6.07, 6.45) is 1.98. The molecule has 2 aromatic rings. The van der Waals surface area contributed by atoms with Crippen molar-refractivity contribution in [2.24, 2.45) is 0 Å². The second-order valence-corrected chi connectivity index (χ2v) is 5.49. The van der Waals surface area contributed by atoms with Crippen LogP contribution in [0.1, 0.15) is 19.4 Å².